The van der Waals surface area contributed by atoms with Gasteiger partial charge in [-0.05, 0) is 151 Å². The molecule has 4 aliphatic rings. The van der Waals surface area contributed by atoms with Crippen molar-refractivity contribution in [3.05, 3.63) is 102 Å². The molecule has 3 aliphatic carbocycles. The Morgan fingerprint density at radius 3 is 1.62 bits per heavy atom. The van der Waals surface area contributed by atoms with Gasteiger partial charge < -0.3 is 36.7 Å². The first-order valence-corrected chi connectivity index (χ1v) is 32.9. The smallest absolute Gasteiger partial charge is 1.00 e. The average molecular weight is 1350 g/mol. The molecule has 16 nitrogen and oxygen atoms in total. The Hall–Kier alpha value is -2.18. The third kappa shape index (κ3) is 34.5. The Bertz CT molecular complexity index is 3190. The Labute approximate surface area is 608 Å². The van der Waals surface area contributed by atoms with Gasteiger partial charge in [-0.3, -0.25) is 24.0 Å². The van der Waals surface area contributed by atoms with E-state index >= 15 is 0 Å². The number of esters is 1. The fourth-order valence-corrected chi connectivity index (χ4v) is 9.00. The van der Waals surface area contributed by atoms with Gasteiger partial charge in [0, 0.05) is 61.6 Å². The maximum absolute atomic E-state index is 12.8. The van der Waals surface area contributed by atoms with Crippen LogP contribution in [0.4, 0.5) is 5.69 Å². The van der Waals surface area contributed by atoms with Crippen molar-refractivity contribution >= 4 is 127 Å². The number of carbonyl (C=O) groups excluding carboxylic acids is 5. The SMILES string of the molecule is C#CC#CC#CC#CC#C.CC(=O)c1c(C)c2cnc(Cl)cc2n(C2CCCC2)c1=O.CC(=O)c1cnc(Cl)cc1Cl.CC(=O)c1cnc(Cl)cc1NC1CCCC1.CC1=CC(=O)OC(C)(C)O1.NC1CCCC1.O=CO[O-].PP(P)P.[H-].[K+].[K+]. The Morgan fingerprint density at radius 2 is 1.20 bits per heavy atom. The number of hydrogen-bond acceptors (Lipinski definition) is 15. The third-order valence-corrected chi connectivity index (χ3v) is 12.4. The molecule has 0 spiro atoms. The maximum atomic E-state index is 12.8. The number of rotatable bonds is 7. The summed E-state index contributed by atoms with van der Waals surface area (Å²) in [5.74, 6) is 17.6. The van der Waals surface area contributed by atoms with Gasteiger partial charge in [-0.15, -0.1) is 39.6 Å². The Morgan fingerprint density at radius 1 is 0.762 bits per heavy atom. The van der Waals surface area contributed by atoms with Crippen LogP contribution in [0.1, 0.15) is 163 Å². The van der Waals surface area contributed by atoms with E-state index in [0.29, 0.717) is 55.0 Å². The number of aromatic nitrogens is 4. The molecule has 0 amide bonds. The summed E-state index contributed by atoms with van der Waals surface area (Å²) in [6.07, 6.45) is 29.8. The molecule has 4 aromatic heterocycles. The first-order valence-electron chi connectivity index (χ1n) is 25.2. The minimum Gasteiger partial charge on any atom is -1.00 e. The van der Waals surface area contributed by atoms with Crippen molar-refractivity contribution in [2.45, 2.75) is 149 Å². The van der Waals surface area contributed by atoms with Crippen molar-refractivity contribution < 1.29 is 148 Å². The third-order valence-electron chi connectivity index (χ3n) is 11.5. The van der Waals surface area contributed by atoms with Crippen LogP contribution in [-0.2, 0) is 24.0 Å². The van der Waals surface area contributed by atoms with Crippen molar-refractivity contribution in [1.29, 1.82) is 0 Å². The molecule has 3 atom stereocenters. The number of ketones is 3. The number of halogens is 4. The molecule has 84 heavy (non-hydrogen) atoms. The number of cyclic esters (lactones) is 1. The summed E-state index contributed by atoms with van der Waals surface area (Å²) in [4.78, 5) is 80.7. The number of anilines is 1. The fourth-order valence-electron chi connectivity index (χ4n) is 8.19. The maximum Gasteiger partial charge on any atom is 1.00 e. The van der Waals surface area contributed by atoms with Crippen molar-refractivity contribution in [2.24, 2.45) is 5.73 Å². The van der Waals surface area contributed by atoms with E-state index in [9.17, 15) is 24.0 Å². The second-order valence-electron chi connectivity index (χ2n) is 18.4. The summed E-state index contributed by atoms with van der Waals surface area (Å²) in [6.45, 7) is 11.3. The monoisotopic (exact) mass is 1350 g/mol. The second-order valence-corrected chi connectivity index (χ2v) is 31.6. The topological polar surface area (TPSA) is 235 Å². The van der Waals surface area contributed by atoms with Crippen LogP contribution in [0.3, 0.4) is 0 Å². The standard InChI is InChI=1S/C16H17ClN2O2.C12H15ClN2O.C10H2.C7H5Cl2NO.C7H10O3.C5H11N.CH2O3.2K.H6P4.H/c1-9-12-8-18-14(17)7-13(12)19(11-5-3-4-6-11)16(21)15(9)10(2)20;1-8(16)10-7-14-12(13)6-11(10)15-9-4-2-3-5-9;1-3-5-7-9-10-8-6-4-2;1-4(11)5-3-10-7(9)2-6(5)8;1-5-4-6(8)10-7(2,3)9-5;6-5-3-1-2-4-5;2-1-4-3;;;1-4(2)3;/h7-8,11H,3-6H2,1-2H3;6-7,9H,2-5H2,1H3,(H,14,15);1-2H;2-3H,1H3;4H,1-3H3;5H,1-4,6H2;1,3H;;;1-3H2;/q;;;;;;;2*+1;;-1/p-1. The number of Topliss-reactive ketones (excluding diaryl/α,β-unsaturated/α-hetero) is 3. The van der Waals surface area contributed by atoms with Crippen molar-refractivity contribution in [1.82, 2.24) is 19.5 Å². The van der Waals surface area contributed by atoms with Crippen LogP contribution >= 0.6 is 80.2 Å². The van der Waals surface area contributed by atoms with Crippen LogP contribution in [0, 0.1) is 67.1 Å². The number of fused-ring (bicyclic) bond motifs is 1. The number of nitrogens with one attached hydrogen (secondary N) is 1. The molecule has 3 N–H and O–H groups in total. The van der Waals surface area contributed by atoms with Crippen molar-refractivity contribution in [2.75, 3.05) is 5.32 Å². The first kappa shape index (κ1) is 83.9. The molecule has 0 saturated heterocycles. The summed E-state index contributed by atoms with van der Waals surface area (Å²) in [7, 11) is 7.94. The van der Waals surface area contributed by atoms with E-state index in [1.54, 1.807) is 63.7 Å². The largest absolute Gasteiger partial charge is 1.00 e. The number of terminal acetylenes is 2. The van der Waals surface area contributed by atoms with Crippen molar-refractivity contribution in [3.63, 3.8) is 0 Å². The van der Waals surface area contributed by atoms with E-state index < -0.39 is 5.79 Å². The number of hydrogen-bond donors (Lipinski definition) is 2. The zero-order chi connectivity index (χ0) is 62.0. The number of aryl methyl sites for hydroxylation is 1. The summed E-state index contributed by atoms with van der Waals surface area (Å²) in [6, 6.07) is 6.07. The van der Waals surface area contributed by atoms with E-state index in [4.69, 9.17) is 84.5 Å². The summed E-state index contributed by atoms with van der Waals surface area (Å²) in [5.41, 5.74) is 8.94. The molecule has 440 valence electrons. The number of nitrogens with zero attached hydrogens (tertiary/aromatic N) is 4. The van der Waals surface area contributed by atoms with E-state index in [1.165, 1.54) is 70.7 Å². The molecule has 26 heteroatoms. The van der Waals surface area contributed by atoms with E-state index in [-0.39, 0.29) is 158 Å². The molecule has 3 saturated carbocycles. The van der Waals surface area contributed by atoms with Crippen molar-refractivity contribution in [3.8, 4) is 60.2 Å². The summed E-state index contributed by atoms with van der Waals surface area (Å²) in [5, 5.41) is 14.1. The zero-order valence-corrected chi connectivity index (χ0v) is 62.3. The zero-order valence-electron chi connectivity index (χ0n) is 49.6. The molecule has 1 aliphatic heterocycles. The molecule has 8 rings (SSSR count). The van der Waals surface area contributed by atoms with Gasteiger partial charge in [0.05, 0.1) is 33.3 Å². The number of allylic oxidation sites excluding steroid dienone is 1. The molecular weight excluding hydrogens is 1280 g/mol. The molecule has 4 aromatic rings. The van der Waals surface area contributed by atoms with Gasteiger partial charge in [0.25, 0.3) is 12.0 Å². The van der Waals surface area contributed by atoms with E-state index in [0.717, 1.165) is 55.1 Å². The molecule has 3 fully saturated rings. The Kier molecular flexibility index (Phi) is 46.8. The molecule has 5 heterocycles. The quantitative estimate of drug-likeness (QED) is 0.0238. The number of ether oxygens (including phenoxy) is 2. The second kappa shape index (κ2) is 46.9. The fraction of sp³-hybridized carbons (Fsp3) is 0.397. The normalized spacial score (nSPS) is 13.9. The van der Waals surface area contributed by atoms with E-state index in [2.05, 4.69) is 99.3 Å². The molecule has 0 aromatic carbocycles. The molecule has 0 bridgehead atoms. The average Bonchev–Trinajstić information content (AvgIpc) is 2.73. The predicted molar refractivity (Wildman–Crippen MR) is 339 cm³/mol. The van der Waals surface area contributed by atoms with Gasteiger partial charge in [0.1, 0.15) is 21.2 Å². The molecule has 0 radical (unpaired) electrons. The van der Waals surface area contributed by atoms with Gasteiger partial charge >= 0.3 is 109 Å². The van der Waals surface area contributed by atoms with Gasteiger partial charge in [-0.2, -0.15) is 0 Å². The van der Waals surface area contributed by atoms with Crippen LogP contribution in [0.5, 0.6) is 0 Å². The molecular formula is C58H68Cl4K2N6O10P4. The summed E-state index contributed by atoms with van der Waals surface area (Å²) < 4.78 is 11.7. The van der Waals surface area contributed by atoms with Crippen LogP contribution in [0.25, 0.3) is 10.9 Å². The predicted octanol–water partition coefficient (Wildman–Crippen LogP) is 6.30. The number of nitrogens with two attached hydrogens (primary N) is 1. The van der Waals surface area contributed by atoms with Gasteiger partial charge in [0.2, 0.25) is 5.79 Å². The summed E-state index contributed by atoms with van der Waals surface area (Å²) >= 11 is 23.0. The Balaban J connectivity index is -0.000000949. The van der Waals surface area contributed by atoms with Crippen LogP contribution in [-0.4, -0.2) is 67.2 Å². The van der Waals surface area contributed by atoms with E-state index in [1.807, 2.05) is 0 Å². The minimum absolute atomic E-state index is 0. The van der Waals surface area contributed by atoms with Crippen LogP contribution in [0.15, 0.2) is 53.4 Å². The van der Waals surface area contributed by atoms with Gasteiger partial charge in [-0.25, -0.2) is 19.7 Å². The van der Waals surface area contributed by atoms with Crippen LogP contribution in [0.2, 0.25) is 20.5 Å². The van der Waals surface area contributed by atoms with Gasteiger partial charge in [-0.1, -0.05) is 84.9 Å². The minimum atomic E-state index is -0.796. The first-order chi connectivity index (χ1) is 38.7. The van der Waals surface area contributed by atoms with Gasteiger partial charge in [0.15, 0.2) is 17.3 Å². The number of pyridine rings is 4. The number of carbonyl (C=O) groups is 5. The van der Waals surface area contributed by atoms with Crippen LogP contribution < -0.4 is 125 Å². The molecule has 3 unspecified atom stereocenters.